The van der Waals surface area contributed by atoms with E-state index < -0.39 is 0 Å². The first-order valence-electron chi connectivity index (χ1n) is 5.07. The van der Waals surface area contributed by atoms with Gasteiger partial charge in [-0.3, -0.25) is 0 Å². The number of hydrogen-bond acceptors (Lipinski definition) is 3. The average Bonchev–Trinajstić information content (AvgIpc) is 2.87. The fraction of sp³-hybridized carbons (Fsp3) is 0.545. The summed E-state index contributed by atoms with van der Waals surface area (Å²) in [5.74, 6) is 1.93. The summed E-state index contributed by atoms with van der Waals surface area (Å²) in [6, 6.07) is 0. The van der Waals surface area contributed by atoms with E-state index in [1.807, 2.05) is 0 Å². The third-order valence-corrected chi connectivity index (χ3v) is 3.84. The van der Waals surface area contributed by atoms with Crippen LogP contribution < -0.4 is 0 Å². The van der Waals surface area contributed by atoms with Gasteiger partial charge in [0.1, 0.15) is 0 Å². The van der Waals surface area contributed by atoms with E-state index >= 15 is 0 Å². The molecule has 3 heteroatoms. The van der Waals surface area contributed by atoms with Crippen LogP contribution in [0.3, 0.4) is 0 Å². The number of hydrogen-bond donors (Lipinski definition) is 2. The number of aliphatic hydroxyl groups is 1. The molecule has 2 N–H and O–H groups in total. The lowest BCUT2D eigenvalue weighted by atomic mass is 9.84. The molecule has 0 spiro atoms. The minimum atomic E-state index is -0.00810. The monoisotopic (exact) mass is 191 g/mol. The van der Waals surface area contributed by atoms with E-state index in [2.05, 4.69) is 23.4 Å². The number of aliphatic hydroxyl groups excluding tert-OH is 1. The largest absolute Gasteiger partial charge is 0.411 e. The number of allylic oxidation sites excluding steroid dienone is 3. The molecule has 0 aliphatic heterocycles. The normalized spacial score (nSPS) is 46.1. The molecule has 2 bridgehead atoms. The predicted molar refractivity (Wildman–Crippen MR) is 52.1 cm³/mol. The van der Waals surface area contributed by atoms with E-state index in [9.17, 15) is 0 Å². The molecule has 74 valence electrons. The highest BCUT2D eigenvalue weighted by Crippen LogP contribution is 2.53. The Morgan fingerprint density at radius 1 is 1.36 bits per heavy atom. The number of fused-ring (bicyclic) bond motifs is 5. The Morgan fingerprint density at radius 3 is 2.86 bits per heavy atom. The summed E-state index contributed by atoms with van der Waals surface area (Å²) >= 11 is 0. The van der Waals surface area contributed by atoms with E-state index in [1.165, 1.54) is 6.42 Å². The average molecular weight is 191 g/mol. The van der Waals surface area contributed by atoms with Crippen LogP contribution in [-0.4, -0.2) is 22.6 Å². The van der Waals surface area contributed by atoms with Crippen molar-refractivity contribution in [1.29, 1.82) is 0 Å². The van der Waals surface area contributed by atoms with Gasteiger partial charge in [-0.1, -0.05) is 23.4 Å². The van der Waals surface area contributed by atoms with Crippen molar-refractivity contribution >= 4 is 5.71 Å². The summed E-state index contributed by atoms with van der Waals surface area (Å²) in [6.45, 7) is -0.00810. The fourth-order valence-corrected chi connectivity index (χ4v) is 3.27. The molecule has 4 unspecified atom stereocenters. The summed E-state index contributed by atoms with van der Waals surface area (Å²) < 4.78 is 0. The van der Waals surface area contributed by atoms with Crippen LogP contribution in [0, 0.1) is 23.7 Å². The van der Waals surface area contributed by atoms with Crippen molar-refractivity contribution in [2.24, 2.45) is 28.8 Å². The standard InChI is InChI=1S/C11H13NO2/c13-5-8-4-9-6-1-2-7(3-6)10(9)11(8)12-14/h1-2,4,6-7,9-10,13-14H,3,5H2/b12-11+. The minimum absolute atomic E-state index is 0.00810. The van der Waals surface area contributed by atoms with Crippen LogP contribution >= 0.6 is 0 Å². The zero-order valence-corrected chi connectivity index (χ0v) is 7.80. The highest BCUT2D eigenvalue weighted by Gasteiger charge is 2.49. The molecule has 0 heterocycles. The first-order valence-corrected chi connectivity index (χ1v) is 5.07. The molecular weight excluding hydrogens is 178 g/mol. The third kappa shape index (κ3) is 0.831. The quantitative estimate of drug-likeness (QED) is 0.371. The van der Waals surface area contributed by atoms with Crippen molar-refractivity contribution in [1.82, 2.24) is 0 Å². The zero-order valence-electron chi connectivity index (χ0n) is 7.80. The van der Waals surface area contributed by atoms with Gasteiger partial charge in [-0.2, -0.15) is 0 Å². The van der Waals surface area contributed by atoms with Gasteiger partial charge in [0, 0.05) is 5.92 Å². The van der Waals surface area contributed by atoms with Gasteiger partial charge in [0.25, 0.3) is 0 Å². The number of rotatable bonds is 1. The molecule has 3 nitrogen and oxygen atoms in total. The Morgan fingerprint density at radius 2 is 2.14 bits per heavy atom. The van der Waals surface area contributed by atoms with Gasteiger partial charge in [0.15, 0.2) is 0 Å². The van der Waals surface area contributed by atoms with E-state index in [-0.39, 0.29) is 6.61 Å². The van der Waals surface area contributed by atoms with Crippen molar-refractivity contribution < 1.29 is 10.3 Å². The topological polar surface area (TPSA) is 52.8 Å². The van der Waals surface area contributed by atoms with Crippen molar-refractivity contribution in [3.63, 3.8) is 0 Å². The zero-order chi connectivity index (χ0) is 9.71. The maximum Gasteiger partial charge on any atom is 0.0890 e. The highest BCUT2D eigenvalue weighted by molar-refractivity contribution is 6.05. The molecule has 0 radical (unpaired) electrons. The van der Waals surface area contributed by atoms with Crippen LogP contribution in [0.15, 0.2) is 29.0 Å². The van der Waals surface area contributed by atoms with Gasteiger partial charge < -0.3 is 10.3 Å². The highest BCUT2D eigenvalue weighted by atomic mass is 16.4. The molecule has 0 aromatic rings. The first kappa shape index (κ1) is 8.24. The van der Waals surface area contributed by atoms with Crippen molar-refractivity contribution in [3.05, 3.63) is 23.8 Å². The molecule has 3 rings (SSSR count). The van der Waals surface area contributed by atoms with Gasteiger partial charge >= 0.3 is 0 Å². The molecule has 0 amide bonds. The van der Waals surface area contributed by atoms with Crippen molar-refractivity contribution in [2.75, 3.05) is 6.61 Å². The molecule has 3 aliphatic carbocycles. The second kappa shape index (κ2) is 2.70. The van der Waals surface area contributed by atoms with Crippen LogP contribution in [-0.2, 0) is 0 Å². The van der Waals surface area contributed by atoms with E-state index in [0.717, 1.165) is 5.57 Å². The molecular formula is C11H13NO2. The Balaban J connectivity index is 2.02. The van der Waals surface area contributed by atoms with E-state index in [0.29, 0.717) is 29.4 Å². The minimum Gasteiger partial charge on any atom is -0.411 e. The van der Waals surface area contributed by atoms with E-state index in [4.69, 9.17) is 10.3 Å². The molecule has 1 fully saturated rings. The summed E-state index contributed by atoms with van der Waals surface area (Å²) in [6.07, 6.45) is 7.76. The maximum absolute atomic E-state index is 9.14. The fourth-order valence-electron chi connectivity index (χ4n) is 3.27. The second-order valence-electron chi connectivity index (χ2n) is 4.39. The summed E-state index contributed by atoms with van der Waals surface area (Å²) in [5, 5.41) is 21.4. The Labute approximate surface area is 82.4 Å². The smallest absolute Gasteiger partial charge is 0.0890 e. The SMILES string of the molecule is OCC1=CC2C3C=CC(C3)C2/C1=N/O. The second-order valence-corrected chi connectivity index (χ2v) is 4.39. The molecule has 4 atom stereocenters. The molecule has 14 heavy (non-hydrogen) atoms. The molecule has 3 aliphatic rings. The molecule has 0 aromatic carbocycles. The Hall–Kier alpha value is -1.09. The van der Waals surface area contributed by atoms with Gasteiger partial charge in [-0.05, 0) is 29.7 Å². The van der Waals surface area contributed by atoms with Crippen LogP contribution in [0.25, 0.3) is 0 Å². The van der Waals surface area contributed by atoms with Crippen LogP contribution in [0.2, 0.25) is 0 Å². The predicted octanol–water partition coefficient (Wildman–Crippen LogP) is 1.19. The number of oxime groups is 1. The lowest BCUT2D eigenvalue weighted by Crippen LogP contribution is -2.22. The Kier molecular flexibility index (Phi) is 1.59. The lowest BCUT2D eigenvalue weighted by molar-refractivity contribution is 0.308. The lowest BCUT2D eigenvalue weighted by Gasteiger charge is -2.19. The Bertz CT molecular complexity index is 356. The maximum atomic E-state index is 9.14. The van der Waals surface area contributed by atoms with E-state index in [1.54, 1.807) is 0 Å². The first-order chi connectivity index (χ1) is 6.85. The van der Waals surface area contributed by atoms with Gasteiger partial charge in [0.2, 0.25) is 0 Å². The van der Waals surface area contributed by atoms with Crippen LogP contribution in [0.5, 0.6) is 0 Å². The molecule has 0 saturated heterocycles. The third-order valence-electron chi connectivity index (χ3n) is 3.84. The summed E-state index contributed by atoms with van der Waals surface area (Å²) in [4.78, 5) is 0. The van der Waals surface area contributed by atoms with Gasteiger partial charge in [-0.25, -0.2) is 0 Å². The van der Waals surface area contributed by atoms with Crippen LogP contribution in [0.1, 0.15) is 6.42 Å². The van der Waals surface area contributed by atoms with Gasteiger partial charge in [-0.15, -0.1) is 0 Å². The van der Waals surface area contributed by atoms with Crippen molar-refractivity contribution in [2.45, 2.75) is 6.42 Å². The molecule has 0 aromatic heterocycles. The van der Waals surface area contributed by atoms with Crippen molar-refractivity contribution in [3.8, 4) is 0 Å². The van der Waals surface area contributed by atoms with Crippen LogP contribution in [0.4, 0.5) is 0 Å². The number of nitrogens with zero attached hydrogens (tertiary/aromatic N) is 1. The summed E-state index contributed by atoms with van der Waals surface area (Å²) in [5.41, 5.74) is 1.54. The summed E-state index contributed by atoms with van der Waals surface area (Å²) in [7, 11) is 0. The van der Waals surface area contributed by atoms with Gasteiger partial charge in [0.05, 0.1) is 12.3 Å². The molecule has 1 saturated carbocycles.